The lowest BCUT2D eigenvalue weighted by molar-refractivity contribution is -0.189. The number of hydrogen-bond acceptors (Lipinski definition) is 3. The van der Waals surface area contributed by atoms with E-state index < -0.39 is 24.1 Å². The van der Waals surface area contributed by atoms with Gasteiger partial charge in [0.15, 0.2) is 0 Å². The predicted molar refractivity (Wildman–Crippen MR) is 77.5 cm³/mol. The Morgan fingerprint density at radius 3 is 2.32 bits per heavy atom. The maximum atomic E-state index is 12.5. The second kappa shape index (κ2) is 8.07. The molecule has 8 heteroatoms. The van der Waals surface area contributed by atoms with Crippen LogP contribution in [0.25, 0.3) is 0 Å². The summed E-state index contributed by atoms with van der Waals surface area (Å²) in [5.41, 5.74) is 0.932. The first-order valence-corrected chi connectivity index (χ1v) is 7.65. The first kappa shape index (κ1) is 18.3. The van der Waals surface area contributed by atoms with Gasteiger partial charge in [-0.3, -0.25) is 4.79 Å². The van der Waals surface area contributed by atoms with Gasteiger partial charge >= 0.3 is 18.1 Å². The minimum atomic E-state index is -5.08. The van der Waals surface area contributed by atoms with Crippen LogP contribution in [0, 0.1) is 0 Å². The van der Waals surface area contributed by atoms with Crippen LogP contribution in [-0.2, 0) is 15.3 Å². The first-order valence-electron chi connectivity index (χ1n) is 6.49. The molecule has 0 aromatic heterocycles. The van der Waals surface area contributed by atoms with Crippen molar-refractivity contribution in [2.75, 3.05) is 12.3 Å². The summed E-state index contributed by atoms with van der Waals surface area (Å²) in [5.74, 6) is -3.22. The largest absolute Gasteiger partial charge is 0.480 e. The number of likely N-dealkylation sites (N-methyl/N-ethyl adjacent to an activating group) is 1. The van der Waals surface area contributed by atoms with Gasteiger partial charge in [0.1, 0.15) is 6.04 Å². The molecule has 1 rings (SSSR count). The molecule has 4 nitrogen and oxygen atoms in total. The quantitative estimate of drug-likeness (QED) is 0.832. The number of carbonyl (C=O) groups is 2. The molecule has 1 aromatic rings. The third kappa shape index (κ3) is 5.25. The Kier molecular flexibility index (Phi) is 6.73. The van der Waals surface area contributed by atoms with Crippen LogP contribution in [0.5, 0.6) is 0 Å². The second-order valence-electron chi connectivity index (χ2n) is 4.44. The molecule has 1 unspecified atom stereocenters. The van der Waals surface area contributed by atoms with E-state index in [-0.39, 0.29) is 12.3 Å². The smallest absolute Gasteiger partial charge is 0.471 e. The summed E-state index contributed by atoms with van der Waals surface area (Å²) in [5, 5.41) is 9.11. The molecule has 0 saturated heterocycles. The molecule has 0 fully saturated rings. The fourth-order valence-electron chi connectivity index (χ4n) is 1.83. The van der Waals surface area contributed by atoms with Crippen molar-refractivity contribution in [3.63, 3.8) is 0 Å². The summed E-state index contributed by atoms with van der Waals surface area (Å²) in [7, 11) is 0. The molecule has 0 bridgehead atoms. The minimum absolute atomic E-state index is 0.111. The summed E-state index contributed by atoms with van der Waals surface area (Å²) in [4.78, 5) is 22.8. The van der Waals surface area contributed by atoms with E-state index in [4.69, 9.17) is 5.11 Å². The summed E-state index contributed by atoms with van der Waals surface area (Å²) in [6.07, 6.45) is -5.08. The van der Waals surface area contributed by atoms with Gasteiger partial charge in [-0.15, -0.1) is 0 Å². The fraction of sp³-hybridized carbons (Fsp3) is 0.429. The summed E-state index contributed by atoms with van der Waals surface area (Å²) in [6.45, 7) is 1.00. The SMILES string of the molecule is CCN(C(=O)C(F)(F)F)C(CSCc1ccccc1)C(=O)O. The van der Waals surface area contributed by atoms with E-state index in [9.17, 15) is 22.8 Å². The zero-order valence-electron chi connectivity index (χ0n) is 11.8. The highest BCUT2D eigenvalue weighted by molar-refractivity contribution is 7.98. The molecule has 1 aromatic carbocycles. The topological polar surface area (TPSA) is 57.6 Å². The van der Waals surface area contributed by atoms with Gasteiger partial charge < -0.3 is 10.0 Å². The molecule has 122 valence electrons. The molecule has 22 heavy (non-hydrogen) atoms. The second-order valence-corrected chi connectivity index (χ2v) is 5.47. The standard InChI is InChI=1S/C14H16F3NO3S/c1-2-18(13(21)14(15,16)17)11(12(19)20)9-22-8-10-6-4-3-5-7-10/h3-7,11H,2,8-9H2,1H3,(H,19,20). The number of thioether (sulfide) groups is 1. The number of carboxylic acids is 1. The van der Waals surface area contributed by atoms with Gasteiger partial charge in [0, 0.05) is 18.1 Å². The van der Waals surface area contributed by atoms with Gasteiger partial charge in [0.05, 0.1) is 0 Å². The van der Waals surface area contributed by atoms with E-state index in [1.165, 1.54) is 18.7 Å². The van der Waals surface area contributed by atoms with Crippen molar-refractivity contribution in [1.82, 2.24) is 4.90 Å². The Bertz CT molecular complexity index is 508. The third-order valence-corrected chi connectivity index (χ3v) is 3.98. The van der Waals surface area contributed by atoms with Crippen molar-refractivity contribution in [3.8, 4) is 0 Å². The average molecular weight is 335 g/mol. The average Bonchev–Trinajstić information content (AvgIpc) is 2.46. The van der Waals surface area contributed by atoms with Crippen LogP contribution >= 0.6 is 11.8 Å². The van der Waals surface area contributed by atoms with Gasteiger partial charge in [-0.05, 0) is 12.5 Å². The Morgan fingerprint density at radius 1 is 1.27 bits per heavy atom. The van der Waals surface area contributed by atoms with Crippen molar-refractivity contribution >= 4 is 23.6 Å². The van der Waals surface area contributed by atoms with Crippen LogP contribution < -0.4 is 0 Å². The number of nitrogens with zero attached hydrogens (tertiary/aromatic N) is 1. The van der Waals surface area contributed by atoms with Crippen molar-refractivity contribution in [2.24, 2.45) is 0 Å². The number of rotatable bonds is 7. The number of carboxylic acid groups (broad SMARTS) is 1. The fourth-order valence-corrected chi connectivity index (χ4v) is 2.92. The lowest BCUT2D eigenvalue weighted by Gasteiger charge is -2.28. The highest BCUT2D eigenvalue weighted by atomic mass is 32.2. The zero-order valence-corrected chi connectivity index (χ0v) is 12.7. The van der Waals surface area contributed by atoms with Gasteiger partial charge in [0.2, 0.25) is 0 Å². The van der Waals surface area contributed by atoms with Gasteiger partial charge in [0.25, 0.3) is 0 Å². The number of alkyl halides is 3. The Labute approximate surface area is 130 Å². The molecule has 1 amide bonds. The number of amides is 1. The lowest BCUT2D eigenvalue weighted by atomic mass is 10.2. The van der Waals surface area contributed by atoms with Crippen molar-refractivity contribution in [3.05, 3.63) is 35.9 Å². The monoisotopic (exact) mass is 335 g/mol. The maximum absolute atomic E-state index is 12.5. The number of hydrogen-bond donors (Lipinski definition) is 1. The molecule has 0 heterocycles. The maximum Gasteiger partial charge on any atom is 0.471 e. The van der Waals surface area contributed by atoms with Crippen LogP contribution in [0.1, 0.15) is 12.5 Å². The first-order chi connectivity index (χ1) is 10.3. The molecule has 1 N–H and O–H groups in total. The lowest BCUT2D eigenvalue weighted by Crippen LogP contribution is -2.51. The Balaban J connectivity index is 2.71. The van der Waals surface area contributed by atoms with Crippen LogP contribution in [0.2, 0.25) is 0 Å². The summed E-state index contributed by atoms with van der Waals surface area (Å²) >= 11 is 1.17. The van der Waals surface area contributed by atoms with E-state index in [0.717, 1.165) is 5.56 Å². The molecule has 0 radical (unpaired) electrons. The van der Waals surface area contributed by atoms with E-state index in [1.807, 2.05) is 30.3 Å². The van der Waals surface area contributed by atoms with Crippen LogP contribution in [0.15, 0.2) is 30.3 Å². The minimum Gasteiger partial charge on any atom is -0.480 e. The predicted octanol–water partition coefficient (Wildman–Crippen LogP) is 2.78. The Morgan fingerprint density at radius 2 is 1.86 bits per heavy atom. The van der Waals surface area contributed by atoms with E-state index in [1.54, 1.807) is 0 Å². The van der Waals surface area contributed by atoms with E-state index >= 15 is 0 Å². The van der Waals surface area contributed by atoms with Crippen molar-refractivity contribution in [1.29, 1.82) is 0 Å². The van der Waals surface area contributed by atoms with Crippen LogP contribution in [0.3, 0.4) is 0 Å². The summed E-state index contributed by atoms with van der Waals surface area (Å²) in [6, 6.07) is 7.62. The number of halogens is 3. The van der Waals surface area contributed by atoms with Gasteiger partial charge in [-0.25, -0.2) is 4.79 Å². The number of aliphatic carboxylic acids is 1. The van der Waals surface area contributed by atoms with Crippen molar-refractivity contribution in [2.45, 2.75) is 24.9 Å². The molecule has 0 aliphatic carbocycles. The number of benzene rings is 1. The number of carbonyl (C=O) groups excluding carboxylic acids is 1. The molecular formula is C14H16F3NO3S. The Hall–Kier alpha value is -1.70. The molecule has 0 aliphatic rings. The van der Waals surface area contributed by atoms with Gasteiger partial charge in [-0.2, -0.15) is 24.9 Å². The van der Waals surface area contributed by atoms with Crippen LogP contribution in [0.4, 0.5) is 13.2 Å². The molecule has 0 spiro atoms. The van der Waals surface area contributed by atoms with E-state index in [0.29, 0.717) is 10.7 Å². The zero-order chi connectivity index (χ0) is 16.8. The third-order valence-electron chi connectivity index (χ3n) is 2.89. The molecular weight excluding hydrogens is 319 g/mol. The molecule has 0 saturated carbocycles. The van der Waals surface area contributed by atoms with E-state index in [2.05, 4.69) is 0 Å². The van der Waals surface area contributed by atoms with Gasteiger partial charge in [-0.1, -0.05) is 30.3 Å². The molecule has 0 aliphatic heterocycles. The highest BCUT2D eigenvalue weighted by Gasteiger charge is 2.45. The summed E-state index contributed by atoms with van der Waals surface area (Å²) < 4.78 is 37.5. The van der Waals surface area contributed by atoms with Crippen LogP contribution in [-0.4, -0.2) is 46.4 Å². The normalized spacial score (nSPS) is 12.7. The highest BCUT2D eigenvalue weighted by Crippen LogP contribution is 2.22. The molecule has 1 atom stereocenters. The van der Waals surface area contributed by atoms with Crippen molar-refractivity contribution < 1.29 is 27.9 Å².